The maximum atomic E-state index is 12.3. The molecule has 1 aromatic rings. The second kappa shape index (κ2) is 4.61. The Bertz CT molecular complexity index is 473. The fourth-order valence-electron chi connectivity index (χ4n) is 2.36. The highest BCUT2D eigenvalue weighted by molar-refractivity contribution is 5.97. The predicted octanol–water partition coefficient (Wildman–Crippen LogP) is 1.51. The second-order valence-corrected chi connectivity index (χ2v) is 5.51. The van der Waals surface area contributed by atoms with Gasteiger partial charge >= 0.3 is 0 Å². The van der Waals surface area contributed by atoms with Gasteiger partial charge in [-0.1, -0.05) is 18.6 Å². The number of rotatable bonds is 2. The van der Waals surface area contributed by atoms with E-state index in [0.717, 1.165) is 12.0 Å². The summed E-state index contributed by atoms with van der Waals surface area (Å²) in [6.45, 7) is 5.95. The van der Waals surface area contributed by atoms with E-state index in [9.17, 15) is 9.90 Å². The van der Waals surface area contributed by atoms with E-state index in [2.05, 4.69) is 6.92 Å². The minimum Gasteiger partial charge on any atom is -0.507 e. The number of carbonyl (C=O) groups is 1. The second-order valence-electron chi connectivity index (χ2n) is 5.51. The summed E-state index contributed by atoms with van der Waals surface area (Å²) < 4.78 is 0. The summed E-state index contributed by atoms with van der Waals surface area (Å²) >= 11 is 0. The fourth-order valence-corrected chi connectivity index (χ4v) is 2.36. The van der Waals surface area contributed by atoms with Crippen molar-refractivity contribution in [3.8, 4) is 5.75 Å². The van der Waals surface area contributed by atoms with Crippen LogP contribution >= 0.6 is 0 Å². The van der Waals surface area contributed by atoms with Gasteiger partial charge in [0.2, 0.25) is 0 Å². The first-order chi connectivity index (χ1) is 8.45. The monoisotopic (exact) mass is 248 g/mol. The molecule has 98 valence electrons. The van der Waals surface area contributed by atoms with Crippen LogP contribution in [-0.2, 0) is 0 Å². The van der Waals surface area contributed by atoms with Crippen molar-refractivity contribution in [2.75, 3.05) is 19.6 Å². The van der Waals surface area contributed by atoms with E-state index in [4.69, 9.17) is 5.73 Å². The number of aromatic hydroxyl groups is 1. The normalized spacial score (nSPS) is 23.4. The molecule has 1 aliphatic rings. The van der Waals surface area contributed by atoms with Crippen LogP contribution in [0.4, 0.5) is 0 Å². The summed E-state index contributed by atoms with van der Waals surface area (Å²) in [5.74, 6) is -0.0553. The van der Waals surface area contributed by atoms with Crippen LogP contribution in [0.1, 0.15) is 29.3 Å². The summed E-state index contributed by atoms with van der Waals surface area (Å²) in [6.07, 6.45) is 0.918. The smallest absolute Gasteiger partial charge is 0.257 e. The molecule has 0 bridgehead atoms. The molecule has 1 amide bonds. The lowest BCUT2D eigenvalue weighted by Gasteiger charge is -2.22. The molecule has 3 N–H and O–H groups in total. The van der Waals surface area contributed by atoms with Crippen molar-refractivity contribution >= 4 is 5.91 Å². The molecule has 1 heterocycles. The van der Waals surface area contributed by atoms with Crippen molar-refractivity contribution in [1.29, 1.82) is 0 Å². The van der Waals surface area contributed by atoms with Crippen molar-refractivity contribution in [1.82, 2.24) is 4.90 Å². The van der Waals surface area contributed by atoms with Gasteiger partial charge in [0.15, 0.2) is 0 Å². The van der Waals surface area contributed by atoms with Gasteiger partial charge in [-0.15, -0.1) is 0 Å². The zero-order valence-corrected chi connectivity index (χ0v) is 10.9. The number of nitrogens with two attached hydrogens (primary N) is 1. The van der Waals surface area contributed by atoms with Crippen molar-refractivity contribution in [3.63, 3.8) is 0 Å². The van der Waals surface area contributed by atoms with Crippen LogP contribution in [0.25, 0.3) is 0 Å². The number of hydrogen-bond donors (Lipinski definition) is 2. The molecular formula is C14H20N2O2. The van der Waals surface area contributed by atoms with E-state index in [1.54, 1.807) is 23.1 Å². The Kier molecular flexibility index (Phi) is 3.30. The van der Waals surface area contributed by atoms with Gasteiger partial charge in [-0.2, -0.15) is 0 Å². The van der Waals surface area contributed by atoms with E-state index < -0.39 is 0 Å². The lowest BCUT2D eigenvalue weighted by molar-refractivity contribution is 0.0774. The molecule has 1 saturated heterocycles. The molecule has 1 unspecified atom stereocenters. The molecule has 1 aliphatic heterocycles. The van der Waals surface area contributed by atoms with Crippen molar-refractivity contribution in [2.24, 2.45) is 11.1 Å². The number of phenolic OH excluding ortho intramolecular Hbond substituents is 1. The van der Waals surface area contributed by atoms with Gasteiger partial charge in [0.25, 0.3) is 5.91 Å². The number of aryl methyl sites for hydroxylation is 1. The molecule has 1 atom stereocenters. The Balaban J connectivity index is 2.20. The molecule has 2 rings (SSSR count). The number of nitrogens with zero attached hydrogens (tertiary/aromatic N) is 1. The standard InChI is InChI=1S/C14H20N2O2/c1-10-3-4-12(17)11(7-10)13(18)16-6-5-14(2,8-15)9-16/h3-4,7,17H,5-6,8-9,15H2,1-2H3. The topological polar surface area (TPSA) is 66.6 Å². The number of carbonyl (C=O) groups excluding carboxylic acids is 1. The lowest BCUT2D eigenvalue weighted by Crippen LogP contribution is -2.34. The van der Waals surface area contributed by atoms with Gasteiger partial charge in [0.1, 0.15) is 5.75 Å². The quantitative estimate of drug-likeness (QED) is 0.833. The molecule has 0 spiro atoms. The number of benzene rings is 1. The highest BCUT2D eigenvalue weighted by Crippen LogP contribution is 2.31. The number of hydrogen-bond acceptors (Lipinski definition) is 3. The fraction of sp³-hybridized carbons (Fsp3) is 0.500. The number of likely N-dealkylation sites (tertiary alicyclic amines) is 1. The average molecular weight is 248 g/mol. The summed E-state index contributed by atoms with van der Waals surface area (Å²) in [5, 5.41) is 9.78. The minimum atomic E-state index is -0.103. The van der Waals surface area contributed by atoms with E-state index in [0.29, 0.717) is 25.2 Å². The molecule has 0 radical (unpaired) electrons. The largest absolute Gasteiger partial charge is 0.507 e. The number of amides is 1. The zero-order valence-electron chi connectivity index (χ0n) is 10.9. The van der Waals surface area contributed by atoms with Crippen LogP contribution in [0, 0.1) is 12.3 Å². The lowest BCUT2D eigenvalue weighted by atomic mass is 9.90. The van der Waals surface area contributed by atoms with Gasteiger partial charge in [0, 0.05) is 13.1 Å². The molecule has 4 heteroatoms. The highest BCUT2D eigenvalue weighted by Gasteiger charge is 2.35. The molecule has 1 fully saturated rings. The third-order valence-electron chi connectivity index (χ3n) is 3.72. The zero-order chi connectivity index (χ0) is 13.3. The molecule has 0 aliphatic carbocycles. The summed E-state index contributed by atoms with van der Waals surface area (Å²) in [7, 11) is 0. The van der Waals surface area contributed by atoms with Gasteiger partial charge in [-0.25, -0.2) is 0 Å². The van der Waals surface area contributed by atoms with Crippen LogP contribution in [0.2, 0.25) is 0 Å². The van der Waals surface area contributed by atoms with Gasteiger partial charge < -0.3 is 15.7 Å². The molecule has 4 nitrogen and oxygen atoms in total. The predicted molar refractivity (Wildman–Crippen MR) is 70.5 cm³/mol. The van der Waals surface area contributed by atoms with Crippen molar-refractivity contribution < 1.29 is 9.90 Å². The highest BCUT2D eigenvalue weighted by atomic mass is 16.3. The Morgan fingerprint density at radius 2 is 2.28 bits per heavy atom. The SMILES string of the molecule is Cc1ccc(O)c(C(=O)N2CCC(C)(CN)C2)c1. The Morgan fingerprint density at radius 3 is 2.89 bits per heavy atom. The van der Waals surface area contributed by atoms with E-state index in [1.165, 1.54) is 0 Å². The van der Waals surface area contributed by atoms with Crippen LogP contribution in [0.15, 0.2) is 18.2 Å². The van der Waals surface area contributed by atoms with E-state index in [-0.39, 0.29) is 17.1 Å². The third-order valence-corrected chi connectivity index (χ3v) is 3.72. The van der Waals surface area contributed by atoms with Crippen LogP contribution < -0.4 is 5.73 Å². The Labute approximate surface area is 107 Å². The first-order valence-corrected chi connectivity index (χ1v) is 6.24. The van der Waals surface area contributed by atoms with Gasteiger partial charge in [-0.05, 0) is 37.4 Å². The van der Waals surface area contributed by atoms with E-state index in [1.807, 2.05) is 6.92 Å². The molecule has 0 aromatic heterocycles. The first kappa shape index (κ1) is 12.9. The summed E-state index contributed by atoms with van der Waals surface area (Å²) in [6, 6.07) is 5.09. The summed E-state index contributed by atoms with van der Waals surface area (Å²) in [4.78, 5) is 14.1. The molecule has 18 heavy (non-hydrogen) atoms. The van der Waals surface area contributed by atoms with Crippen molar-refractivity contribution in [3.05, 3.63) is 29.3 Å². The maximum Gasteiger partial charge on any atom is 0.257 e. The molecule has 0 saturated carbocycles. The Hall–Kier alpha value is -1.55. The van der Waals surface area contributed by atoms with Crippen LogP contribution in [-0.4, -0.2) is 35.5 Å². The third kappa shape index (κ3) is 2.34. The van der Waals surface area contributed by atoms with Crippen LogP contribution in [0.5, 0.6) is 5.75 Å². The van der Waals surface area contributed by atoms with Crippen LogP contribution in [0.3, 0.4) is 0 Å². The van der Waals surface area contributed by atoms with Gasteiger partial charge in [0.05, 0.1) is 5.56 Å². The summed E-state index contributed by atoms with van der Waals surface area (Å²) in [5.41, 5.74) is 7.10. The minimum absolute atomic E-state index is 0.00903. The number of phenols is 1. The molecule has 1 aromatic carbocycles. The van der Waals surface area contributed by atoms with Crippen molar-refractivity contribution in [2.45, 2.75) is 20.3 Å². The molecular weight excluding hydrogens is 228 g/mol. The first-order valence-electron chi connectivity index (χ1n) is 6.24. The van der Waals surface area contributed by atoms with E-state index >= 15 is 0 Å². The van der Waals surface area contributed by atoms with Gasteiger partial charge in [-0.3, -0.25) is 4.79 Å². The average Bonchev–Trinajstić information content (AvgIpc) is 2.75. The maximum absolute atomic E-state index is 12.3. The Morgan fingerprint density at radius 1 is 1.56 bits per heavy atom.